The van der Waals surface area contributed by atoms with E-state index in [2.05, 4.69) is 15.4 Å². The lowest BCUT2D eigenvalue weighted by atomic mass is 9.88. The first-order valence-corrected chi connectivity index (χ1v) is 5.58. The van der Waals surface area contributed by atoms with Crippen LogP contribution < -0.4 is 10.6 Å². The molecule has 1 aliphatic heterocycles. The highest BCUT2D eigenvalue weighted by Crippen LogP contribution is 2.22. The Bertz CT molecular complexity index is 338. The molecule has 1 aliphatic carbocycles. The normalized spacial score (nSPS) is 31.3. The Morgan fingerprint density at radius 2 is 1.94 bits per heavy atom. The maximum Gasteiger partial charge on any atom is 0.332 e. The highest BCUT2D eigenvalue weighted by molar-refractivity contribution is 5.99. The third-order valence-electron chi connectivity index (χ3n) is 3.13. The highest BCUT2D eigenvalue weighted by atomic mass is 16.5. The summed E-state index contributed by atoms with van der Waals surface area (Å²) in [5.41, 5.74) is 0.315. The van der Waals surface area contributed by atoms with Crippen molar-refractivity contribution in [2.45, 2.75) is 37.8 Å². The lowest BCUT2D eigenvalue weighted by molar-refractivity contribution is -0.135. The van der Waals surface area contributed by atoms with Crippen LogP contribution in [0.15, 0.2) is 11.8 Å². The molecule has 1 amide bonds. The van der Waals surface area contributed by atoms with Gasteiger partial charge >= 0.3 is 5.97 Å². The molecular weight excluding hydrogens is 208 g/mol. The third-order valence-corrected chi connectivity index (χ3v) is 3.13. The molecule has 1 saturated heterocycles. The van der Waals surface area contributed by atoms with Crippen LogP contribution in [0.4, 0.5) is 0 Å². The largest absolute Gasteiger partial charge is 0.466 e. The summed E-state index contributed by atoms with van der Waals surface area (Å²) in [5.74, 6) is -0.722. The summed E-state index contributed by atoms with van der Waals surface area (Å²) in [5, 5.41) is 6.04. The number of fused-ring (bicyclic) bond motifs is 1. The number of methoxy groups -OCH3 is 1. The molecule has 0 bridgehead atoms. The minimum Gasteiger partial charge on any atom is -0.466 e. The van der Waals surface area contributed by atoms with Crippen molar-refractivity contribution in [3.8, 4) is 0 Å². The number of ether oxygens (including phenoxy) is 1. The molecule has 1 saturated carbocycles. The molecule has 0 aromatic heterocycles. The number of carbonyl (C=O) groups excluding carboxylic acids is 2. The summed E-state index contributed by atoms with van der Waals surface area (Å²) in [4.78, 5) is 22.7. The standard InChI is InChI=1S/C11H16N2O3/c1-16-10(14)6-9-11(15)13-8-5-3-2-4-7(8)12-9/h6-8,12H,2-5H2,1H3,(H,13,15)/b9-6-. The number of nitrogens with one attached hydrogen (secondary N) is 2. The van der Waals surface area contributed by atoms with Crippen LogP contribution in [0.1, 0.15) is 25.7 Å². The number of esters is 1. The van der Waals surface area contributed by atoms with Crippen molar-refractivity contribution in [3.63, 3.8) is 0 Å². The fourth-order valence-corrected chi connectivity index (χ4v) is 2.27. The van der Waals surface area contributed by atoms with E-state index in [1.54, 1.807) is 0 Å². The number of piperazine rings is 1. The van der Waals surface area contributed by atoms with Crippen molar-refractivity contribution in [2.75, 3.05) is 7.11 Å². The summed E-state index contributed by atoms with van der Waals surface area (Å²) in [6.07, 6.45) is 5.56. The van der Waals surface area contributed by atoms with Gasteiger partial charge in [-0.2, -0.15) is 0 Å². The van der Waals surface area contributed by atoms with Crippen molar-refractivity contribution in [1.29, 1.82) is 0 Å². The smallest absolute Gasteiger partial charge is 0.332 e. The van der Waals surface area contributed by atoms with Gasteiger partial charge < -0.3 is 15.4 Å². The predicted molar refractivity (Wildman–Crippen MR) is 57.4 cm³/mol. The van der Waals surface area contributed by atoms with Gasteiger partial charge in [-0.25, -0.2) is 4.79 Å². The Labute approximate surface area is 94.2 Å². The average Bonchev–Trinajstić information content (AvgIpc) is 2.30. The molecule has 0 radical (unpaired) electrons. The minimum absolute atomic E-state index is 0.205. The fraction of sp³-hybridized carbons (Fsp3) is 0.636. The molecule has 16 heavy (non-hydrogen) atoms. The van der Waals surface area contributed by atoms with Crippen LogP contribution in [0.5, 0.6) is 0 Å². The van der Waals surface area contributed by atoms with Gasteiger partial charge in [-0.1, -0.05) is 12.8 Å². The maximum absolute atomic E-state index is 11.7. The zero-order chi connectivity index (χ0) is 11.5. The molecule has 0 spiro atoms. The predicted octanol–water partition coefficient (Wildman–Crippen LogP) is 0.0739. The maximum atomic E-state index is 11.7. The van der Waals surface area contributed by atoms with Crippen LogP contribution in [0.25, 0.3) is 0 Å². The van der Waals surface area contributed by atoms with E-state index in [0.717, 1.165) is 25.7 Å². The molecular formula is C11H16N2O3. The van der Waals surface area contributed by atoms with Crippen LogP contribution in [0.3, 0.4) is 0 Å². The van der Waals surface area contributed by atoms with E-state index in [4.69, 9.17) is 0 Å². The SMILES string of the molecule is COC(=O)/C=C1\NC2CCCCC2NC1=O. The van der Waals surface area contributed by atoms with Gasteiger partial charge in [-0.15, -0.1) is 0 Å². The van der Waals surface area contributed by atoms with Crippen LogP contribution >= 0.6 is 0 Å². The molecule has 2 N–H and O–H groups in total. The van der Waals surface area contributed by atoms with Gasteiger partial charge in [0.15, 0.2) is 0 Å². The van der Waals surface area contributed by atoms with Gasteiger partial charge in [-0.05, 0) is 12.8 Å². The molecule has 2 aliphatic rings. The first kappa shape index (κ1) is 11.0. The van der Waals surface area contributed by atoms with Crippen LogP contribution in [-0.4, -0.2) is 31.1 Å². The average molecular weight is 224 g/mol. The Hall–Kier alpha value is -1.52. The van der Waals surface area contributed by atoms with Crippen molar-refractivity contribution in [3.05, 3.63) is 11.8 Å². The monoisotopic (exact) mass is 224 g/mol. The molecule has 1 heterocycles. The van der Waals surface area contributed by atoms with Gasteiger partial charge in [0.05, 0.1) is 13.2 Å². The number of rotatable bonds is 1. The first-order valence-electron chi connectivity index (χ1n) is 5.58. The molecule has 2 unspecified atom stereocenters. The lowest BCUT2D eigenvalue weighted by Crippen LogP contribution is -2.58. The molecule has 2 rings (SSSR count). The summed E-state index contributed by atoms with van der Waals surface area (Å²) in [7, 11) is 1.30. The second-order valence-corrected chi connectivity index (χ2v) is 4.20. The molecule has 0 aromatic carbocycles. The minimum atomic E-state index is -0.507. The zero-order valence-electron chi connectivity index (χ0n) is 9.29. The van der Waals surface area contributed by atoms with E-state index >= 15 is 0 Å². The third kappa shape index (κ3) is 2.18. The van der Waals surface area contributed by atoms with Crippen molar-refractivity contribution in [1.82, 2.24) is 10.6 Å². The summed E-state index contributed by atoms with van der Waals surface area (Å²) >= 11 is 0. The number of hydrogen-bond acceptors (Lipinski definition) is 4. The molecule has 5 nitrogen and oxygen atoms in total. The van der Waals surface area contributed by atoms with E-state index in [0.29, 0.717) is 5.70 Å². The Kier molecular flexibility index (Phi) is 3.12. The van der Waals surface area contributed by atoms with Crippen molar-refractivity contribution < 1.29 is 14.3 Å². The summed E-state index contributed by atoms with van der Waals surface area (Å²) in [6, 6.07) is 0.457. The van der Waals surface area contributed by atoms with E-state index < -0.39 is 5.97 Å². The van der Waals surface area contributed by atoms with Crippen LogP contribution in [0, 0.1) is 0 Å². The number of amides is 1. The molecule has 2 atom stereocenters. The van der Waals surface area contributed by atoms with E-state index in [-0.39, 0.29) is 18.0 Å². The fourth-order valence-electron chi connectivity index (χ4n) is 2.27. The Morgan fingerprint density at radius 3 is 2.56 bits per heavy atom. The summed E-state index contributed by atoms with van der Waals surface area (Å²) in [6.45, 7) is 0. The van der Waals surface area contributed by atoms with Crippen molar-refractivity contribution in [2.24, 2.45) is 0 Å². The van der Waals surface area contributed by atoms with Crippen molar-refractivity contribution >= 4 is 11.9 Å². The quantitative estimate of drug-likeness (QED) is 0.489. The van der Waals surface area contributed by atoms with Crippen LogP contribution in [-0.2, 0) is 14.3 Å². The highest BCUT2D eigenvalue weighted by Gasteiger charge is 2.33. The Balaban J connectivity index is 2.08. The van der Waals surface area contributed by atoms with E-state index in [1.807, 2.05) is 0 Å². The second kappa shape index (κ2) is 4.55. The number of hydrogen-bond donors (Lipinski definition) is 2. The van der Waals surface area contributed by atoms with E-state index in [9.17, 15) is 9.59 Å². The molecule has 0 aromatic rings. The van der Waals surface area contributed by atoms with Crippen LogP contribution in [0.2, 0.25) is 0 Å². The van der Waals surface area contributed by atoms with Gasteiger partial charge in [-0.3, -0.25) is 4.79 Å². The van der Waals surface area contributed by atoms with Gasteiger partial charge in [0.1, 0.15) is 5.70 Å². The lowest BCUT2D eigenvalue weighted by Gasteiger charge is -2.38. The first-order chi connectivity index (χ1) is 7.70. The molecule has 2 fully saturated rings. The zero-order valence-corrected chi connectivity index (χ0v) is 9.29. The number of carbonyl (C=O) groups is 2. The Morgan fingerprint density at radius 1 is 1.31 bits per heavy atom. The van der Waals surface area contributed by atoms with Gasteiger partial charge in [0.25, 0.3) is 5.91 Å². The topological polar surface area (TPSA) is 67.4 Å². The van der Waals surface area contributed by atoms with Gasteiger partial charge in [0.2, 0.25) is 0 Å². The second-order valence-electron chi connectivity index (χ2n) is 4.20. The molecule has 88 valence electrons. The summed E-state index contributed by atoms with van der Waals surface area (Å²) < 4.78 is 4.50. The van der Waals surface area contributed by atoms with E-state index in [1.165, 1.54) is 13.2 Å². The van der Waals surface area contributed by atoms with Gasteiger partial charge in [0, 0.05) is 12.1 Å². The molecule has 5 heteroatoms.